The fourth-order valence-electron chi connectivity index (χ4n) is 0.951. The van der Waals surface area contributed by atoms with Crippen molar-refractivity contribution in [2.24, 2.45) is 0 Å². The third kappa shape index (κ3) is 10.2. The molecule has 0 aromatic rings. The predicted octanol–water partition coefficient (Wildman–Crippen LogP) is 3.56. The summed E-state index contributed by atoms with van der Waals surface area (Å²) >= 11 is 5.60. The molecule has 0 heterocycles. The molecular formula is C9H19ClO. The van der Waals surface area contributed by atoms with Crippen LogP contribution in [0.3, 0.4) is 0 Å². The van der Waals surface area contributed by atoms with Crippen LogP contribution in [0, 0.1) is 0 Å². The summed E-state index contributed by atoms with van der Waals surface area (Å²) in [7, 11) is 0. The van der Waals surface area contributed by atoms with Gasteiger partial charge in [-0.25, -0.2) is 0 Å². The van der Waals surface area contributed by atoms with Gasteiger partial charge in [0.2, 0.25) is 0 Å². The Morgan fingerprint density at radius 3 is 2.36 bits per heavy atom. The Balaban J connectivity index is 2.80. The van der Waals surface area contributed by atoms with Gasteiger partial charge in [0.1, 0.15) is 5.56 Å². The third-order valence-electron chi connectivity index (χ3n) is 1.60. The van der Waals surface area contributed by atoms with E-state index in [-0.39, 0.29) is 5.56 Å². The largest absolute Gasteiger partial charge is 0.363 e. The van der Waals surface area contributed by atoms with Crippen molar-refractivity contribution in [1.29, 1.82) is 0 Å². The lowest BCUT2D eigenvalue weighted by molar-refractivity contribution is 0.115. The quantitative estimate of drug-likeness (QED) is 0.428. The van der Waals surface area contributed by atoms with Crippen molar-refractivity contribution >= 4 is 11.6 Å². The van der Waals surface area contributed by atoms with Crippen LogP contribution in [0.1, 0.15) is 46.0 Å². The zero-order valence-corrected chi connectivity index (χ0v) is 8.36. The second-order valence-electron chi connectivity index (χ2n) is 2.83. The normalized spacial score (nSPS) is 13.4. The maximum Gasteiger partial charge on any atom is 0.128 e. The molecule has 0 aliphatic rings. The van der Waals surface area contributed by atoms with E-state index in [1.54, 1.807) is 0 Å². The van der Waals surface area contributed by atoms with E-state index in [9.17, 15) is 0 Å². The van der Waals surface area contributed by atoms with Gasteiger partial charge in [0.15, 0.2) is 0 Å². The van der Waals surface area contributed by atoms with E-state index in [0.29, 0.717) is 0 Å². The SMILES string of the molecule is CCCCCCCOC(C)Cl. The highest BCUT2D eigenvalue weighted by Crippen LogP contribution is 2.04. The van der Waals surface area contributed by atoms with E-state index in [1.165, 1.54) is 25.7 Å². The minimum atomic E-state index is -0.124. The smallest absolute Gasteiger partial charge is 0.128 e. The van der Waals surface area contributed by atoms with Crippen LogP contribution < -0.4 is 0 Å². The van der Waals surface area contributed by atoms with E-state index < -0.39 is 0 Å². The maximum absolute atomic E-state index is 5.60. The minimum absolute atomic E-state index is 0.124. The third-order valence-corrected chi connectivity index (χ3v) is 1.72. The molecule has 0 saturated heterocycles. The van der Waals surface area contributed by atoms with Gasteiger partial charge in [0, 0.05) is 6.61 Å². The molecule has 0 rings (SSSR count). The molecule has 11 heavy (non-hydrogen) atoms. The number of hydrogen-bond donors (Lipinski definition) is 0. The first-order valence-electron chi connectivity index (χ1n) is 4.53. The summed E-state index contributed by atoms with van der Waals surface area (Å²) in [5, 5.41) is 0. The predicted molar refractivity (Wildman–Crippen MR) is 50.0 cm³/mol. The molecule has 0 N–H and O–H groups in total. The maximum atomic E-state index is 5.60. The van der Waals surface area contributed by atoms with Gasteiger partial charge < -0.3 is 4.74 Å². The minimum Gasteiger partial charge on any atom is -0.363 e. The highest BCUT2D eigenvalue weighted by molar-refractivity contribution is 6.19. The van der Waals surface area contributed by atoms with Crippen LogP contribution in [-0.2, 0) is 4.74 Å². The molecule has 1 unspecified atom stereocenters. The average Bonchev–Trinajstić information content (AvgIpc) is 1.96. The van der Waals surface area contributed by atoms with Crippen LogP contribution in [0.5, 0.6) is 0 Å². The number of halogens is 1. The second-order valence-corrected chi connectivity index (χ2v) is 3.44. The molecule has 1 nitrogen and oxygen atoms in total. The topological polar surface area (TPSA) is 9.23 Å². The monoisotopic (exact) mass is 178 g/mol. The van der Waals surface area contributed by atoms with Gasteiger partial charge in [-0.3, -0.25) is 0 Å². The van der Waals surface area contributed by atoms with Gasteiger partial charge in [-0.15, -0.1) is 0 Å². The van der Waals surface area contributed by atoms with Crippen LogP contribution >= 0.6 is 11.6 Å². The fourth-order valence-corrected chi connectivity index (χ4v) is 1.04. The molecule has 0 spiro atoms. The van der Waals surface area contributed by atoms with Crippen LogP contribution in [0.25, 0.3) is 0 Å². The number of rotatable bonds is 7. The zero-order valence-electron chi connectivity index (χ0n) is 7.61. The first kappa shape index (κ1) is 11.2. The summed E-state index contributed by atoms with van der Waals surface area (Å²) in [6, 6.07) is 0. The van der Waals surface area contributed by atoms with Crippen LogP contribution in [0.2, 0.25) is 0 Å². The molecule has 68 valence electrons. The summed E-state index contributed by atoms with van der Waals surface area (Å²) in [5.74, 6) is 0. The Hall–Kier alpha value is 0.250. The lowest BCUT2D eigenvalue weighted by atomic mass is 10.2. The van der Waals surface area contributed by atoms with Crippen LogP contribution in [0.4, 0.5) is 0 Å². The van der Waals surface area contributed by atoms with Gasteiger partial charge >= 0.3 is 0 Å². The Bertz CT molecular complexity index is 74.0. The molecule has 2 heteroatoms. The molecule has 0 radical (unpaired) electrons. The summed E-state index contributed by atoms with van der Waals surface area (Å²) < 4.78 is 5.19. The summed E-state index contributed by atoms with van der Waals surface area (Å²) in [5.41, 5.74) is -0.124. The van der Waals surface area contributed by atoms with Crippen molar-refractivity contribution in [3.05, 3.63) is 0 Å². The average molecular weight is 179 g/mol. The Morgan fingerprint density at radius 2 is 1.82 bits per heavy atom. The Labute approximate surface area is 75.1 Å². The first-order chi connectivity index (χ1) is 5.27. The van der Waals surface area contributed by atoms with E-state index in [1.807, 2.05) is 6.92 Å². The molecule has 1 atom stereocenters. The lowest BCUT2D eigenvalue weighted by Crippen LogP contribution is -2.00. The van der Waals surface area contributed by atoms with Gasteiger partial charge in [-0.05, 0) is 13.3 Å². The van der Waals surface area contributed by atoms with Gasteiger partial charge in [-0.1, -0.05) is 44.2 Å². The van der Waals surface area contributed by atoms with E-state index >= 15 is 0 Å². The zero-order chi connectivity index (χ0) is 8.53. The molecule has 0 amide bonds. The molecule has 0 fully saturated rings. The Morgan fingerprint density at radius 1 is 1.18 bits per heavy atom. The number of unbranched alkanes of at least 4 members (excludes halogenated alkanes) is 4. The van der Waals surface area contributed by atoms with Crippen molar-refractivity contribution in [1.82, 2.24) is 0 Å². The molecular weight excluding hydrogens is 160 g/mol. The van der Waals surface area contributed by atoms with E-state index in [4.69, 9.17) is 16.3 Å². The standard InChI is InChI=1S/C9H19ClO/c1-3-4-5-6-7-8-11-9(2)10/h9H,3-8H2,1-2H3. The van der Waals surface area contributed by atoms with Crippen molar-refractivity contribution in [2.45, 2.75) is 51.5 Å². The number of hydrogen-bond acceptors (Lipinski definition) is 1. The molecule has 0 aromatic heterocycles. The molecule has 0 saturated carbocycles. The number of ether oxygens (including phenoxy) is 1. The van der Waals surface area contributed by atoms with E-state index in [0.717, 1.165) is 13.0 Å². The van der Waals surface area contributed by atoms with Crippen molar-refractivity contribution < 1.29 is 4.74 Å². The second kappa shape index (κ2) is 8.35. The van der Waals surface area contributed by atoms with Crippen molar-refractivity contribution in [3.63, 3.8) is 0 Å². The Kier molecular flexibility index (Phi) is 8.54. The summed E-state index contributed by atoms with van der Waals surface area (Å²) in [6.45, 7) is 4.89. The molecule has 0 aliphatic carbocycles. The van der Waals surface area contributed by atoms with Crippen molar-refractivity contribution in [3.8, 4) is 0 Å². The molecule has 0 aliphatic heterocycles. The highest BCUT2D eigenvalue weighted by atomic mass is 35.5. The van der Waals surface area contributed by atoms with Gasteiger partial charge in [0.25, 0.3) is 0 Å². The fraction of sp³-hybridized carbons (Fsp3) is 1.00. The van der Waals surface area contributed by atoms with Crippen LogP contribution in [-0.4, -0.2) is 12.2 Å². The molecule has 0 aromatic carbocycles. The summed E-state index contributed by atoms with van der Waals surface area (Å²) in [6.07, 6.45) is 6.40. The number of alkyl halides is 1. The summed E-state index contributed by atoms with van der Waals surface area (Å²) in [4.78, 5) is 0. The van der Waals surface area contributed by atoms with E-state index in [2.05, 4.69) is 6.92 Å². The van der Waals surface area contributed by atoms with Gasteiger partial charge in [0.05, 0.1) is 0 Å². The highest BCUT2D eigenvalue weighted by Gasteiger charge is 1.94. The molecule has 0 bridgehead atoms. The van der Waals surface area contributed by atoms with Crippen molar-refractivity contribution in [2.75, 3.05) is 6.61 Å². The lowest BCUT2D eigenvalue weighted by Gasteiger charge is -2.04. The first-order valence-corrected chi connectivity index (χ1v) is 4.96. The van der Waals surface area contributed by atoms with Gasteiger partial charge in [-0.2, -0.15) is 0 Å². The van der Waals surface area contributed by atoms with Crippen LogP contribution in [0.15, 0.2) is 0 Å².